The van der Waals surface area contributed by atoms with E-state index < -0.39 is 67.4 Å². The highest BCUT2D eigenvalue weighted by atomic mass is 16.7. The number of hydrogen-bond acceptors (Lipinski definition) is 10. The Bertz CT molecular complexity index is 1750. The summed E-state index contributed by atoms with van der Waals surface area (Å²) < 4.78 is 17.7. The molecule has 11 nitrogen and oxygen atoms in total. The molecule has 1 rings (SSSR count). The second kappa shape index (κ2) is 66.1. The van der Waals surface area contributed by atoms with Crippen molar-refractivity contribution in [2.75, 3.05) is 13.2 Å². The average molecular weight is 1270 g/mol. The second-order valence-electron chi connectivity index (χ2n) is 26.4. The van der Waals surface area contributed by atoms with Gasteiger partial charge in [-0.1, -0.05) is 325 Å². The van der Waals surface area contributed by atoms with Gasteiger partial charge in [0.1, 0.15) is 24.4 Å². The van der Waals surface area contributed by atoms with E-state index in [4.69, 9.17) is 14.2 Å². The van der Waals surface area contributed by atoms with Crippen LogP contribution >= 0.6 is 0 Å². The van der Waals surface area contributed by atoms with Gasteiger partial charge in [0.2, 0.25) is 5.91 Å². The van der Waals surface area contributed by atoms with Crippen LogP contribution < -0.4 is 5.32 Å². The van der Waals surface area contributed by atoms with Crippen LogP contribution in [-0.2, 0) is 23.8 Å². The van der Waals surface area contributed by atoms with Gasteiger partial charge in [-0.25, -0.2) is 0 Å². The van der Waals surface area contributed by atoms with Crippen LogP contribution in [0.2, 0.25) is 0 Å². The first-order valence-corrected chi connectivity index (χ1v) is 38.2. The second-order valence-corrected chi connectivity index (χ2v) is 26.4. The lowest BCUT2D eigenvalue weighted by molar-refractivity contribution is -0.305. The van der Waals surface area contributed by atoms with Crippen LogP contribution in [0.4, 0.5) is 0 Å². The number of unbranched alkanes of at least 4 members (excludes halogenated alkanes) is 42. The number of esters is 1. The molecule has 1 heterocycles. The Morgan fingerprint density at radius 1 is 0.433 bits per heavy atom. The van der Waals surface area contributed by atoms with Gasteiger partial charge in [-0.15, -0.1) is 0 Å². The van der Waals surface area contributed by atoms with Crippen molar-refractivity contribution < 1.29 is 49.3 Å². The maximum Gasteiger partial charge on any atom is 0.306 e. The van der Waals surface area contributed by atoms with Crippen molar-refractivity contribution in [3.63, 3.8) is 0 Å². The van der Waals surface area contributed by atoms with Gasteiger partial charge in [-0.3, -0.25) is 9.59 Å². The zero-order valence-corrected chi connectivity index (χ0v) is 58.5. The molecule has 1 aliphatic rings. The number of rotatable bonds is 66. The Kier molecular flexibility index (Phi) is 62.5. The number of carbonyl (C=O) groups is 2. The Morgan fingerprint density at radius 3 is 1.18 bits per heavy atom. The molecule has 90 heavy (non-hydrogen) atoms. The van der Waals surface area contributed by atoms with Crippen molar-refractivity contribution in [3.8, 4) is 0 Å². The molecule has 1 saturated heterocycles. The molecule has 8 atom stereocenters. The van der Waals surface area contributed by atoms with Gasteiger partial charge in [-0.05, 0) is 96.3 Å². The maximum absolute atomic E-state index is 13.5. The molecule has 0 aliphatic carbocycles. The number of nitrogens with one attached hydrogen (secondary N) is 1. The van der Waals surface area contributed by atoms with Crippen LogP contribution in [0.5, 0.6) is 0 Å². The Balaban J connectivity index is 2.52. The minimum atomic E-state index is -1.62. The number of allylic oxidation sites excluding steroid dienone is 11. The highest BCUT2D eigenvalue weighted by molar-refractivity contribution is 5.80. The number of aliphatic hydroxyl groups is 5. The monoisotopic (exact) mass is 1270 g/mol. The molecule has 11 heteroatoms. The maximum atomic E-state index is 13.5. The lowest BCUT2D eigenvalue weighted by Crippen LogP contribution is -2.61. The number of amides is 1. The minimum absolute atomic E-state index is 0.123. The van der Waals surface area contributed by atoms with Gasteiger partial charge < -0.3 is 45.1 Å². The van der Waals surface area contributed by atoms with Crippen LogP contribution in [0.25, 0.3) is 0 Å². The normalized spacial score (nSPS) is 18.4. The van der Waals surface area contributed by atoms with E-state index in [0.717, 1.165) is 96.3 Å². The molecule has 8 unspecified atom stereocenters. The van der Waals surface area contributed by atoms with E-state index >= 15 is 0 Å². The number of hydrogen-bond donors (Lipinski definition) is 6. The summed E-state index contributed by atoms with van der Waals surface area (Å²) in [6.07, 6.45) is 76.6. The Hall–Kier alpha value is -2.90. The molecule has 1 aliphatic heterocycles. The Morgan fingerprint density at radius 2 is 0.767 bits per heavy atom. The first-order valence-electron chi connectivity index (χ1n) is 38.2. The molecular formula is C79H143NO10. The summed E-state index contributed by atoms with van der Waals surface area (Å²) in [6, 6.07) is -1.03. The van der Waals surface area contributed by atoms with Crippen molar-refractivity contribution in [1.82, 2.24) is 5.32 Å². The average Bonchev–Trinajstić information content (AvgIpc) is 1.14. The largest absolute Gasteiger partial charge is 0.454 e. The number of carbonyl (C=O) groups excluding carboxylic acids is 2. The van der Waals surface area contributed by atoms with E-state index in [1.807, 2.05) is 6.08 Å². The third kappa shape index (κ3) is 52.5. The van der Waals surface area contributed by atoms with Crippen LogP contribution in [-0.4, -0.2) is 99.6 Å². The highest BCUT2D eigenvalue weighted by Gasteiger charge is 2.47. The van der Waals surface area contributed by atoms with Crippen LogP contribution in [0, 0.1) is 0 Å². The number of ether oxygens (including phenoxy) is 3. The van der Waals surface area contributed by atoms with Crippen LogP contribution in [0.3, 0.4) is 0 Å². The first-order chi connectivity index (χ1) is 44.2. The molecule has 524 valence electrons. The van der Waals surface area contributed by atoms with Crippen molar-refractivity contribution >= 4 is 11.9 Å². The highest BCUT2D eigenvalue weighted by Crippen LogP contribution is 2.26. The molecule has 6 N–H and O–H groups in total. The third-order valence-electron chi connectivity index (χ3n) is 17.8. The zero-order valence-electron chi connectivity index (χ0n) is 58.5. The van der Waals surface area contributed by atoms with Crippen LogP contribution in [0.1, 0.15) is 355 Å². The van der Waals surface area contributed by atoms with Crippen molar-refractivity contribution in [2.45, 2.75) is 404 Å². The summed E-state index contributed by atoms with van der Waals surface area (Å²) in [7, 11) is 0. The van der Waals surface area contributed by atoms with E-state index in [9.17, 15) is 35.1 Å². The molecule has 0 aromatic carbocycles. The standard InChI is InChI=1S/C79H143NO10/c1-4-7-10-13-16-19-22-25-27-29-31-33-35-36-37-38-39-41-43-45-47-49-52-55-58-61-64-67-74(84)90-77-76(86)75(85)73(68-81)89-79(77)88-69-70(71(82)65-62-59-56-53-50-24-21-18-15-12-9-6-3)80-78(87)72(83)66-63-60-57-54-51-48-46-44-42-40-34-32-30-28-26-23-20-17-14-11-8-5-2/h17,20,25-28,32,34,42,44,62,65,70-73,75-77,79,81-83,85-86H,4-16,18-19,21-24,29-31,33,35-41,43,45-61,63-64,66-69H2,1-3H3,(H,80,87)/b20-17-,27-25+,28-26-,34-32-,44-42-,65-62+. The lowest BCUT2D eigenvalue weighted by Gasteiger charge is -2.41. The zero-order chi connectivity index (χ0) is 65.3. The van der Waals surface area contributed by atoms with Gasteiger partial charge in [-0.2, -0.15) is 0 Å². The summed E-state index contributed by atoms with van der Waals surface area (Å²) in [6.45, 7) is 5.80. The fourth-order valence-corrected chi connectivity index (χ4v) is 11.8. The number of aliphatic hydroxyl groups excluding tert-OH is 5. The molecule has 0 saturated carbocycles. The molecular weight excluding hydrogens is 1120 g/mol. The fourth-order valence-electron chi connectivity index (χ4n) is 11.8. The van der Waals surface area contributed by atoms with E-state index in [2.05, 4.69) is 86.8 Å². The predicted octanol–water partition coefficient (Wildman–Crippen LogP) is 20.2. The van der Waals surface area contributed by atoms with Crippen molar-refractivity contribution in [2.24, 2.45) is 0 Å². The fraction of sp³-hybridized carbons (Fsp3) is 0.823. The van der Waals surface area contributed by atoms with E-state index in [0.29, 0.717) is 12.8 Å². The van der Waals surface area contributed by atoms with E-state index in [-0.39, 0.29) is 19.4 Å². The molecule has 0 aromatic heterocycles. The van der Waals surface area contributed by atoms with Crippen molar-refractivity contribution in [1.29, 1.82) is 0 Å². The lowest BCUT2D eigenvalue weighted by atomic mass is 9.99. The molecule has 0 bridgehead atoms. The summed E-state index contributed by atoms with van der Waals surface area (Å²) in [5, 5.41) is 57.3. The quantitative estimate of drug-likeness (QED) is 0.0195. The van der Waals surface area contributed by atoms with Crippen LogP contribution in [0.15, 0.2) is 72.9 Å². The SMILES string of the molecule is CCCCC/C=C\C/C=C\C/C=C\C/C=C\CCCCCCCCC(O)C(=O)NC(COC1OC(CO)C(O)C(O)C1OC(=O)CCCCCCCCCCCCCCCCCCC/C=C/CCCCCCCC)C(O)/C=C/CCCCCCCCCCCC. The summed E-state index contributed by atoms with van der Waals surface area (Å²) in [5.74, 6) is -1.20. The van der Waals surface area contributed by atoms with Gasteiger partial charge in [0, 0.05) is 6.42 Å². The van der Waals surface area contributed by atoms with E-state index in [1.165, 1.54) is 212 Å². The third-order valence-corrected chi connectivity index (χ3v) is 17.8. The Labute approximate surface area is 553 Å². The smallest absolute Gasteiger partial charge is 0.306 e. The molecule has 1 amide bonds. The summed E-state index contributed by atoms with van der Waals surface area (Å²) >= 11 is 0. The van der Waals surface area contributed by atoms with Gasteiger partial charge in [0.25, 0.3) is 0 Å². The predicted molar refractivity (Wildman–Crippen MR) is 379 cm³/mol. The first kappa shape index (κ1) is 85.1. The molecule has 1 fully saturated rings. The van der Waals surface area contributed by atoms with Gasteiger partial charge >= 0.3 is 5.97 Å². The van der Waals surface area contributed by atoms with Crippen molar-refractivity contribution in [3.05, 3.63) is 72.9 Å². The molecule has 0 aromatic rings. The molecule has 0 radical (unpaired) electrons. The van der Waals surface area contributed by atoms with Gasteiger partial charge in [0.15, 0.2) is 12.4 Å². The van der Waals surface area contributed by atoms with E-state index in [1.54, 1.807) is 6.08 Å². The summed E-state index contributed by atoms with van der Waals surface area (Å²) in [5.41, 5.74) is 0. The molecule has 0 spiro atoms. The summed E-state index contributed by atoms with van der Waals surface area (Å²) in [4.78, 5) is 26.7. The topological polar surface area (TPSA) is 175 Å². The minimum Gasteiger partial charge on any atom is -0.454 e. The van der Waals surface area contributed by atoms with Gasteiger partial charge in [0.05, 0.1) is 25.4 Å².